The van der Waals surface area contributed by atoms with Crippen LogP contribution in [0.1, 0.15) is 45.4 Å². The van der Waals surface area contributed by atoms with Crippen molar-refractivity contribution in [2.45, 2.75) is 71.1 Å². The van der Waals surface area contributed by atoms with Crippen LogP contribution in [0.15, 0.2) is 12.2 Å². The summed E-state index contributed by atoms with van der Waals surface area (Å²) in [5.41, 5.74) is 0. The second-order valence-corrected chi connectivity index (χ2v) is 11.3. The van der Waals surface area contributed by atoms with Gasteiger partial charge in [-0.25, -0.2) is 0 Å². The van der Waals surface area contributed by atoms with Crippen LogP contribution in [0.5, 0.6) is 0 Å². The molecule has 0 aliphatic rings. The molecule has 0 unspecified atom stereocenters. The molecule has 1 nitrogen and oxygen atoms in total. The molecule has 0 N–H and O–H groups in total. The third-order valence-corrected chi connectivity index (χ3v) is 3.91. The fourth-order valence-electron chi connectivity index (χ4n) is 1.67. The molecule has 16 heavy (non-hydrogen) atoms. The van der Waals surface area contributed by atoms with E-state index in [2.05, 4.69) is 38.7 Å². The highest BCUT2D eigenvalue weighted by molar-refractivity contribution is 6.78. The topological polar surface area (TPSA) is 17.1 Å². The number of ketones is 1. The summed E-state index contributed by atoms with van der Waals surface area (Å²) in [6.45, 7) is 8.99. The molecule has 94 valence electrons. The Morgan fingerprint density at radius 2 is 1.69 bits per heavy atom. The number of hydrogen-bond acceptors (Lipinski definition) is 1. The Morgan fingerprint density at radius 3 is 2.25 bits per heavy atom. The summed E-state index contributed by atoms with van der Waals surface area (Å²) in [6.07, 6.45) is 11.2. The normalized spacial score (nSPS) is 12.2. The lowest BCUT2D eigenvalue weighted by Gasteiger charge is -2.13. The van der Waals surface area contributed by atoms with Crippen molar-refractivity contribution < 1.29 is 4.79 Å². The van der Waals surface area contributed by atoms with Gasteiger partial charge in [0, 0.05) is 12.5 Å². The van der Waals surface area contributed by atoms with Gasteiger partial charge in [-0.2, -0.15) is 0 Å². The van der Waals surface area contributed by atoms with Gasteiger partial charge in [-0.15, -0.1) is 0 Å². The smallest absolute Gasteiger partial charge is 0.130 e. The number of carbonyl (C=O) groups excluding carboxylic acids is 1. The SMILES string of the molecule is CCCCC/C=C/CCC(=O)C[Si](C)(C)C. The highest BCUT2D eigenvalue weighted by Crippen LogP contribution is 2.11. The van der Waals surface area contributed by atoms with E-state index in [4.69, 9.17) is 0 Å². The predicted octanol–water partition coefficient (Wildman–Crippen LogP) is 4.81. The minimum Gasteiger partial charge on any atom is -0.300 e. The average Bonchev–Trinajstić information content (AvgIpc) is 2.13. The molecule has 0 atom stereocenters. The van der Waals surface area contributed by atoms with Crippen LogP contribution in [0.3, 0.4) is 0 Å². The standard InChI is InChI=1S/C14H28OSi/c1-5-6-7-8-9-10-11-12-14(15)13-16(2,3)4/h9-10H,5-8,11-13H2,1-4H3/b10-9+. The summed E-state index contributed by atoms with van der Waals surface area (Å²) in [5, 5.41) is 0. The maximum atomic E-state index is 11.6. The fraction of sp³-hybridized carbons (Fsp3) is 0.786. The van der Waals surface area contributed by atoms with Gasteiger partial charge in [-0.1, -0.05) is 51.6 Å². The lowest BCUT2D eigenvalue weighted by Crippen LogP contribution is -2.23. The summed E-state index contributed by atoms with van der Waals surface area (Å²) in [7, 11) is -1.18. The van der Waals surface area contributed by atoms with Crippen LogP contribution in [0.25, 0.3) is 0 Å². The molecule has 2 heteroatoms. The third-order valence-electron chi connectivity index (χ3n) is 2.46. The molecule has 0 amide bonds. The molecule has 0 rings (SSSR count). The van der Waals surface area contributed by atoms with Crippen LogP contribution in [-0.4, -0.2) is 13.9 Å². The number of Topliss-reactive ketones (excluding diaryl/α,β-unsaturated/α-hetero) is 1. The molecule has 0 radical (unpaired) electrons. The lowest BCUT2D eigenvalue weighted by atomic mass is 10.1. The van der Waals surface area contributed by atoms with Crippen molar-refractivity contribution in [1.29, 1.82) is 0 Å². The Morgan fingerprint density at radius 1 is 1.06 bits per heavy atom. The summed E-state index contributed by atoms with van der Waals surface area (Å²) in [4.78, 5) is 11.6. The Bertz CT molecular complexity index is 213. The molecular weight excluding hydrogens is 212 g/mol. The van der Waals surface area contributed by atoms with Crippen LogP contribution < -0.4 is 0 Å². The second kappa shape index (κ2) is 8.74. The number of rotatable bonds is 9. The molecule has 0 spiro atoms. The van der Waals surface area contributed by atoms with Gasteiger partial charge in [0.1, 0.15) is 5.78 Å². The second-order valence-electron chi connectivity index (χ2n) is 5.78. The molecule has 0 saturated carbocycles. The average molecular weight is 240 g/mol. The van der Waals surface area contributed by atoms with E-state index in [0.717, 1.165) is 18.9 Å². The van der Waals surface area contributed by atoms with Crippen LogP contribution >= 0.6 is 0 Å². The van der Waals surface area contributed by atoms with Gasteiger partial charge in [0.05, 0.1) is 8.07 Å². The Labute approximate surface area is 102 Å². The molecular formula is C14H28OSi. The van der Waals surface area contributed by atoms with E-state index in [1.165, 1.54) is 25.7 Å². The van der Waals surface area contributed by atoms with E-state index in [-0.39, 0.29) is 0 Å². The molecule has 0 aromatic carbocycles. The van der Waals surface area contributed by atoms with Gasteiger partial charge in [0.2, 0.25) is 0 Å². The molecule has 0 aliphatic carbocycles. The van der Waals surface area contributed by atoms with Crippen molar-refractivity contribution in [2.75, 3.05) is 0 Å². The summed E-state index contributed by atoms with van der Waals surface area (Å²) >= 11 is 0. The summed E-state index contributed by atoms with van der Waals surface area (Å²) < 4.78 is 0. The van der Waals surface area contributed by atoms with E-state index in [0.29, 0.717) is 5.78 Å². The Balaban J connectivity index is 3.47. The summed E-state index contributed by atoms with van der Waals surface area (Å²) in [6, 6.07) is 0.844. The fourth-order valence-corrected chi connectivity index (χ4v) is 3.03. The van der Waals surface area contributed by atoms with Crippen LogP contribution in [0.4, 0.5) is 0 Å². The Hall–Kier alpha value is -0.373. The first kappa shape index (κ1) is 15.6. The minimum absolute atomic E-state index is 0.456. The minimum atomic E-state index is -1.18. The number of carbonyl (C=O) groups is 1. The first-order valence-electron chi connectivity index (χ1n) is 6.62. The van der Waals surface area contributed by atoms with Gasteiger partial charge in [0.15, 0.2) is 0 Å². The zero-order valence-corrected chi connectivity index (χ0v) is 12.5. The van der Waals surface area contributed by atoms with Crippen LogP contribution in [-0.2, 0) is 4.79 Å². The van der Waals surface area contributed by atoms with Crippen molar-refractivity contribution in [3.05, 3.63) is 12.2 Å². The monoisotopic (exact) mass is 240 g/mol. The molecule has 0 heterocycles. The number of unbranched alkanes of at least 4 members (excludes halogenated alkanes) is 3. The highest BCUT2D eigenvalue weighted by Gasteiger charge is 2.16. The molecule has 0 aromatic rings. The van der Waals surface area contributed by atoms with Crippen molar-refractivity contribution in [1.82, 2.24) is 0 Å². The maximum Gasteiger partial charge on any atom is 0.130 e. The van der Waals surface area contributed by atoms with E-state index >= 15 is 0 Å². The first-order chi connectivity index (χ1) is 7.45. The summed E-state index contributed by atoms with van der Waals surface area (Å²) in [5.74, 6) is 0.456. The first-order valence-corrected chi connectivity index (χ1v) is 10.3. The maximum absolute atomic E-state index is 11.6. The van der Waals surface area contributed by atoms with Gasteiger partial charge in [-0.3, -0.25) is 0 Å². The highest BCUT2D eigenvalue weighted by atomic mass is 28.3. The van der Waals surface area contributed by atoms with E-state index in [1.807, 2.05) is 0 Å². The van der Waals surface area contributed by atoms with Gasteiger partial charge >= 0.3 is 0 Å². The van der Waals surface area contributed by atoms with Crippen molar-refractivity contribution >= 4 is 13.9 Å². The quantitative estimate of drug-likeness (QED) is 0.321. The third kappa shape index (κ3) is 11.7. The largest absolute Gasteiger partial charge is 0.300 e. The number of hydrogen-bond donors (Lipinski definition) is 0. The zero-order valence-electron chi connectivity index (χ0n) is 11.5. The lowest BCUT2D eigenvalue weighted by molar-refractivity contribution is -0.117. The van der Waals surface area contributed by atoms with Crippen LogP contribution in [0, 0.1) is 0 Å². The van der Waals surface area contributed by atoms with Crippen molar-refractivity contribution in [3.8, 4) is 0 Å². The van der Waals surface area contributed by atoms with E-state index < -0.39 is 8.07 Å². The van der Waals surface area contributed by atoms with Gasteiger partial charge in [0.25, 0.3) is 0 Å². The van der Waals surface area contributed by atoms with E-state index in [9.17, 15) is 4.79 Å². The molecule has 0 aromatic heterocycles. The molecule has 0 aliphatic heterocycles. The molecule has 0 bridgehead atoms. The van der Waals surface area contributed by atoms with Gasteiger partial charge < -0.3 is 4.79 Å². The van der Waals surface area contributed by atoms with Gasteiger partial charge in [-0.05, 0) is 19.3 Å². The van der Waals surface area contributed by atoms with Crippen molar-refractivity contribution in [2.24, 2.45) is 0 Å². The molecule has 0 fully saturated rings. The predicted molar refractivity (Wildman–Crippen MR) is 75.7 cm³/mol. The molecule has 0 saturated heterocycles. The van der Waals surface area contributed by atoms with Crippen molar-refractivity contribution in [3.63, 3.8) is 0 Å². The van der Waals surface area contributed by atoms with Crippen LogP contribution in [0.2, 0.25) is 25.7 Å². The zero-order chi connectivity index (χ0) is 12.4. The number of allylic oxidation sites excluding steroid dienone is 2. The van der Waals surface area contributed by atoms with E-state index in [1.54, 1.807) is 0 Å². The Kier molecular flexibility index (Phi) is 8.54.